The van der Waals surface area contributed by atoms with Gasteiger partial charge >= 0.3 is 5.97 Å². The van der Waals surface area contributed by atoms with Crippen LogP contribution in [0.25, 0.3) is 6.08 Å². The van der Waals surface area contributed by atoms with E-state index < -0.39 is 5.97 Å². The lowest BCUT2D eigenvalue weighted by atomic mass is 10.1. The molecule has 0 spiro atoms. The molecule has 1 aromatic carbocycles. The van der Waals surface area contributed by atoms with Crippen LogP contribution in [-0.4, -0.2) is 41.0 Å². The monoisotopic (exact) mass is 277 g/mol. The van der Waals surface area contributed by atoms with Crippen LogP contribution in [0.5, 0.6) is 0 Å². The van der Waals surface area contributed by atoms with E-state index in [0.29, 0.717) is 0 Å². The minimum absolute atomic E-state index is 0.245. The number of hydrogen-bond donors (Lipinski definition) is 2. The summed E-state index contributed by atoms with van der Waals surface area (Å²) < 4.78 is 0. The predicted molar refractivity (Wildman–Crippen MR) is 80.1 cm³/mol. The second-order valence-electron chi connectivity index (χ2n) is 3.58. The molecule has 0 aliphatic rings. The summed E-state index contributed by atoms with van der Waals surface area (Å²) >= 11 is 4.99. The highest BCUT2D eigenvalue weighted by Crippen LogP contribution is 2.07. The Balaban J connectivity index is 2.94. The summed E-state index contributed by atoms with van der Waals surface area (Å²) in [5.41, 5.74) is 1.75. The average Bonchev–Trinajstić information content (AvgIpc) is 2.42. The van der Waals surface area contributed by atoms with E-state index in [2.05, 4.69) is 17.0 Å². The van der Waals surface area contributed by atoms with Crippen molar-refractivity contribution in [3.05, 3.63) is 42.0 Å². The van der Waals surface area contributed by atoms with Crippen LogP contribution in [0.15, 0.2) is 35.9 Å². The first-order valence-corrected chi connectivity index (χ1v) is 5.95. The first-order valence-electron chi connectivity index (χ1n) is 5.55. The maximum atomic E-state index is 10.7. The Bertz CT molecular complexity index is 514. The molecule has 0 aliphatic carbocycles. The van der Waals surface area contributed by atoms with Crippen LogP contribution in [0.3, 0.4) is 0 Å². The van der Waals surface area contributed by atoms with E-state index in [9.17, 15) is 4.79 Å². The highest BCUT2D eigenvalue weighted by molar-refractivity contribution is 7.80. The molecule has 0 radical (unpaired) electrons. The van der Waals surface area contributed by atoms with Crippen LogP contribution < -0.4 is 5.32 Å². The van der Waals surface area contributed by atoms with Gasteiger partial charge in [0, 0.05) is 12.6 Å². The molecule has 6 heteroatoms. The molecule has 0 aliphatic heterocycles. The van der Waals surface area contributed by atoms with Crippen molar-refractivity contribution in [1.82, 2.24) is 10.3 Å². The third kappa shape index (κ3) is 4.51. The van der Waals surface area contributed by atoms with Crippen molar-refractivity contribution >= 4 is 35.6 Å². The largest absolute Gasteiger partial charge is 0.480 e. The molecule has 100 valence electrons. The van der Waals surface area contributed by atoms with Gasteiger partial charge in [0.25, 0.3) is 0 Å². The zero-order valence-electron chi connectivity index (χ0n) is 10.5. The minimum Gasteiger partial charge on any atom is -0.480 e. The highest BCUT2D eigenvalue weighted by atomic mass is 32.1. The molecule has 0 unspecified atom stereocenters. The quantitative estimate of drug-likeness (QED) is 0.486. The molecule has 1 rings (SSSR count). The fourth-order valence-corrected chi connectivity index (χ4v) is 1.48. The van der Waals surface area contributed by atoms with Gasteiger partial charge in [0.1, 0.15) is 6.54 Å². The van der Waals surface area contributed by atoms with E-state index in [4.69, 9.17) is 17.3 Å². The van der Waals surface area contributed by atoms with Crippen LogP contribution in [0.2, 0.25) is 0 Å². The maximum absolute atomic E-state index is 10.7. The summed E-state index contributed by atoms with van der Waals surface area (Å²) in [6.45, 7) is 3.41. The van der Waals surface area contributed by atoms with Crippen molar-refractivity contribution in [2.45, 2.75) is 0 Å². The van der Waals surface area contributed by atoms with Gasteiger partial charge in [0.15, 0.2) is 5.11 Å². The van der Waals surface area contributed by atoms with Crippen molar-refractivity contribution in [3.8, 4) is 0 Å². The number of hydrogen-bond acceptors (Lipinski definition) is 3. The van der Waals surface area contributed by atoms with E-state index in [-0.39, 0.29) is 11.7 Å². The van der Waals surface area contributed by atoms with Gasteiger partial charge in [-0.3, -0.25) is 4.79 Å². The number of carboxylic acids is 1. The number of carboxylic acid groups (broad SMARTS) is 1. The van der Waals surface area contributed by atoms with E-state index in [0.717, 1.165) is 11.1 Å². The maximum Gasteiger partial charge on any atom is 0.325 e. The molecule has 0 aromatic heterocycles. The number of nitrogens with zero attached hydrogens (tertiary/aromatic N) is 2. The van der Waals surface area contributed by atoms with Crippen molar-refractivity contribution in [1.29, 1.82) is 0 Å². The summed E-state index contributed by atoms with van der Waals surface area (Å²) in [5.74, 6) is -1.01. The fourth-order valence-electron chi connectivity index (χ4n) is 1.37. The normalized spacial score (nSPS) is 10.2. The number of rotatable bonds is 5. The number of aliphatic carboxylic acids is 1. The van der Waals surface area contributed by atoms with Crippen LogP contribution in [0.1, 0.15) is 11.1 Å². The van der Waals surface area contributed by atoms with Gasteiger partial charge in [0.05, 0.1) is 6.21 Å². The number of carbonyl (C=O) groups is 1. The van der Waals surface area contributed by atoms with E-state index in [1.54, 1.807) is 19.3 Å². The summed E-state index contributed by atoms with van der Waals surface area (Å²) in [6.07, 6.45) is 3.27. The lowest BCUT2D eigenvalue weighted by molar-refractivity contribution is -0.137. The van der Waals surface area contributed by atoms with Crippen molar-refractivity contribution in [2.75, 3.05) is 13.6 Å². The van der Waals surface area contributed by atoms with E-state index >= 15 is 0 Å². The van der Waals surface area contributed by atoms with Gasteiger partial charge < -0.3 is 10.4 Å². The van der Waals surface area contributed by atoms with Crippen LogP contribution in [-0.2, 0) is 4.79 Å². The first-order chi connectivity index (χ1) is 9.08. The van der Waals surface area contributed by atoms with Gasteiger partial charge in [0.2, 0.25) is 0 Å². The standard InChI is InChI=1S/C13H15N3O2S/c1-3-10-6-4-5-7-11(10)8-15-16(9-12(17)18)13(19)14-2/h3-8H,1,9H2,2H3,(H,14,19)(H,17,18). The third-order valence-electron chi connectivity index (χ3n) is 2.29. The zero-order chi connectivity index (χ0) is 14.3. The second kappa shape index (κ2) is 7.27. The molecule has 0 heterocycles. The fraction of sp³-hybridized carbons (Fsp3) is 0.154. The van der Waals surface area contributed by atoms with Gasteiger partial charge in [-0.1, -0.05) is 36.9 Å². The lowest BCUT2D eigenvalue weighted by Crippen LogP contribution is -2.37. The number of nitrogens with one attached hydrogen (secondary N) is 1. The van der Waals surface area contributed by atoms with Gasteiger partial charge in [-0.15, -0.1) is 0 Å². The molecule has 0 saturated carbocycles. The summed E-state index contributed by atoms with van der Waals surface area (Å²) in [6, 6.07) is 7.52. The molecular formula is C13H15N3O2S. The topological polar surface area (TPSA) is 64.9 Å². The first kappa shape index (κ1) is 14.8. The van der Waals surface area contributed by atoms with Crippen molar-refractivity contribution < 1.29 is 9.90 Å². The highest BCUT2D eigenvalue weighted by Gasteiger charge is 2.10. The average molecular weight is 277 g/mol. The Kier molecular flexibility index (Phi) is 5.69. The van der Waals surface area contributed by atoms with Gasteiger partial charge in [-0.25, -0.2) is 5.01 Å². The van der Waals surface area contributed by atoms with Crippen molar-refractivity contribution in [2.24, 2.45) is 5.10 Å². The smallest absolute Gasteiger partial charge is 0.325 e. The molecule has 0 bridgehead atoms. The molecule has 2 N–H and O–H groups in total. The molecule has 5 nitrogen and oxygen atoms in total. The van der Waals surface area contributed by atoms with Crippen LogP contribution in [0, 0.1) is 0 Å². The summed E-state index contributed by atoms with van der Waals surface area (Å²) in [4.78, 5) is 10.7. The Labute approximate surface area is 117 Å². The van der Waals surface area contributed by atoms with Crippen LogP contribution >= 0.6 is 12.2 Å². The SMILES string of the molecule is C=Cc1ccccc1C=NN(CC(=O)O)C(=S)NC. The molecule has 0 fully saturated rings. The summed E-state index contributed by atoms with van der Waals surface area (Å²) in [7, 11) is 1.62. The van der Waals surface area contributed by atoms with Crippen molar-refractivity contribution in [3.63, 3.8) is 0 Å². The Hall–Kier alpha value is -2.21. The van der Waals surface area contributed by atoms with E-state index in [1.165, 1.54) is 5.01 Å². The Morgan fingerprint density at radius 3 is 2.68 bits per heavy atom. The van der Waals surface area contributed by atoms with Gasteiger partial charge in [-0.05, 0) is 17.8 Å². The number of hydrazone groups is 1. The molecule has 19 heavy (non-hydrogen) atoms. The second-order valence-corrected chi connectivity index (χ2v) is 3.97. The molecule has 0 amide bonds. The predicted octanol–water partition coefficient (Wildman–Crippen LogP) is 1.55. The van der Waals surface area contributed by atoms with Crippen LogP contribution in [0.4, 0.5) is 0 Å². The Morgan fingerprint density at radius 2 is 2.16 bits per heavy atom. The Morgan fingerprint density at radius 1 is 1.53 bits per heavy atom. The van der Waals surface area contributed by atoms with E-state index in [1.807, 2.05) is 24.3 Å². The number of thiocarbonyl (C=S) groups is 1. The molecule has 0 saturated heterocycles. The minimum atomic E-state index is -1.01. The van der Waals surface area contributed by atoms with Gasteiger partial charge in [-0.2, -0.15) is 5.10 Å². The molecule has 1 aromatic rings. The molecule has 0 atom stereocenters. The third-order valence-corrected chi connectivity index (χ3v) is 2.70. The zero-order valence-corrected chi connectivity index (χ0v) is 11.4. The summed E-state index contributed by atoms with van der Waals surface area (Å²) in [5, 5.41) is 17.0. The molecular weight excluding hydrogens is 262 g/mol. The lowest BCUT2D eigenvalue weighted by Gasteiger charge is -2.16. The number of benzene rings is 1.